The molecule has 0 radical (unpaired) electrons. The summed E-state index contributed by atoms with van der Waals surface area (Å²) in [6.07, 6.45) is 2.08. The van der Waals surface area contributed by atoms with Gasteiger partial charge in [-0.15, -0.1) is 0 Å². The summed E-state index contributed by atoms with van der Waals surface area (Å²) in [6, 6.07) is 9.17. The van der Waals surface area contributed by atoms with E-state index in [1.807, 2.05) is 19.9 Å². The third kappa shape index (κ3) is 3.70. The number of aliphatic carboxylic acids is 1. The van der Waals surface area contributed by atoms with Gasteiger partial charge in [0, 0.05) is 13.0 Å². The second kappa shape index (κ2) is 7.09. The molecule has 0 amide bonds. The topological polar surface area (TPSA) is 91.6 Å². The molecule has 0 aromatic heterocycles. The predicted octanol–water partition coefficient (Wildman–Crippen LogP) is 2.34. The van der Waals surface area contributed by atoms with Crippen LogP contribution in [0.4, 0.5) is 0 Å². The van der Waals surface area contributed by atoms with Crippen LogP contribution in [0.1, 0.15) is 44.2 Å². The lowest BCUT2D eigenvalue weighted by atomic mass is 9.82. The molecule has 0 bridgehead atoms. The first-order valence-electron chi connectivity index (χ1n) is 7.73. The van der Waals surface area contributed by atoms with Crippen LogP contribution in [0.3, 0.4) is 0 Å². The summed E-state index contributed by atoms with van der Waals surface area (Å²) in [5.41, 5.74) is 2.06. The van der Waals surface area contributed by atoms with Crippen LogP contribution >= 0.6 is 0 Å². The number of rotatable bonds is 7. The van der Waals surface area contributed by atoms with E-state index in [1.54, 1.807) is 18.2 Å². The molecule has 2 atom stereocenters. The van der Waals surface area contributed by atoms with Crippen LogP contribution in [0, 0.1) is 11.3 Å². The molecule has 1 aliphatic heterocycles. The maximum atomic E-state index is 11.7. The molecule has 1 aromatic rings. The van der Waals surface area contributed by atoms with Gasteiger partial charge in [0.1, 0.15) is 0 Å². The van der Waals surface area contributed by atoms with Gasteiger partial charge in [-0.3, -0.25) is 4.84 Å². The Balaban J connectivity index is 2.17. The number of benzene rings is 1. The molecule has 6 heteroatoms. The van der Waals surface area contributed by atoms with Crippen molar-refractivity contribution >= 4 is 5.97 Å². The van der Waals surface area contributed by atoms with Crippen LogP contribution in [-0.2, 0) is 19.9 Å². The fourth-order valence-corrected chi connectivity index (χ4v) is 2.69. The van der Waals surface area contributed by atoms with Gasteiger partial charge in [-0.1, -0.05) is 25.5 Å². The van der Waals surface area contributed by atoms with Gasteiger partial charge in [0.05, 0.1) is 23.8 Å². The van der Waals surface area contributed by atoms with E-state index in [2.05, 4.69) is 11.5 Å². The Labute approximate surface area is 136 Å². The van der Waals surface area contributed by atoms with Crippen molar-refractivity contribution in [3.63, 3.8) is 0 Å². The predicted molar refractivity (Wildman–Crippen MR) is 83.4 cm³/mol. The molecule has 0 saturated carbocycles. The number of nitrogens with one attached hydrogen (secondary N) is 1. The van der Waals surface area contributed by atoms with E-state index in [4.69, 9.17) is 14.8 Å². The highest BCUT2D eigenvalue weighted by Gasteiger charge is 2.53. The summed E-state index contributed by atoms with van der Waals surface area (Å²) in [5.74, 6) is -1.05. The van der Waals surface area contributed by atoms with E-state index >= 15 is 0 Å². The lowest BCUT2D eigenvalue weighted by Gasteiger charge is -2.25. The molecule has 0 aliphatic carbocycles. The molecule has 2 N–H and O–H groups in total. The molecule has 6 nitrogen and oxygen atoms in total. The number of carboxylic acids is 1. The van der Waals surface area contributed by atoms with E-state index in [9.17, 15) is 9.90 Å². The van der Waals surface area contributed by atoms with Gasteiger partial charge in [-0.2, -0.15) is 10.7 Å². The standard InChI is InChI=1S/C17H22N2O4/c1-3-4-8-22-12-17(15(20)21)11-16(2,19-23-17)14-7-5-6-13(9-14)10-18/h5-7,9,19H,3-4,8,11-12H2,1-2H3,(H,20,21). The summed E-state index contributed by atoms with van der Waals surface area (Å²) < 4.78 is 5.50. The molecule has 1 aromatic carbocycles. The molecular weight excluding hydrogens is 296 g/mol. The number of hydrogen-bond acceptors (Lipinski definition) is 5. The zero-order valence-electron chi connectivity index (χ0n) is 13.5. The number of ether oxygens (including phenoxy) is 1. The minimum absolute atomic E-state index is 0.0110. The fraction of sp³-hybridized carbons (Fsp3) is 0.529. The van der Waals surface area contributed by atoms with Crippen LogP contribution in [0.25, 0.3) is 0 Å². The van der Waals surface area contributed by atoms with Crippen molar-refractivity contribution in [1.82, 2.24) is 5.48 Å². The number of unbranched alkanes of at least 4 members (excludes halogenated alkanes) is 1. The normalized spacial score (nSPS) is 26.8. The van der Waals surface area contributed by atoms with Gasteiger partial charge in [-0.05, 0) is 31.0 Å². The van der Waals surface area contributed by atoms with Gasteiger partial charge >= 0.3 is 5.97 Å². The Bertz CT molecular complexity index is 613. The number of carbonyl (C=O) groups is 1. The Kier molecular flexibility index (Phi) is 5.37. The van der Waals surface area contributed by atoms with Crippen LogP contribution in [-0.4, -0.2) is 29.9 Å². The maximum Gasteiger partial charge on any atom is 0.340 e. The lowest BCUT2D eigenvalue weighted by Crippen LogP contribution is -2.44. The Morgan fingerprint density at radius 1 is 1.57 bits per heavy atom. The third-order valence-electron chi connectivity index (χ3n) is 4.11. The summed E-state index contributed by atoms with van der Waals surface area (Å²) in [4.78, 5) is 17.2. The summed E-state index contributed by atoms with van der Waals surface area (Å²) in [7, 11) is 0. The molecule has 1 saturated heterocycles. The molecule has 1 fully saturated rings. The molecule has 0 spiro atoms. The SMILES string of the molecule is CCCCOCC1(C(=O)O)CC(C)(c2cccc(C#N)c2)NO1. The van der Waals surface area contributed by atoms with Crippen molar-refractivity contribution in [2.24, 2.45) is 0 Å². The van der Waals surface area contributed by atoms with Gasteiger partial charge in [0.25, 0.3) is 0 Å². The minimum Gasteiger partial charge on any atom is -0.479 e. The van der Waals surface area contributed by atoms with Crippen LogP contribution in [0.15, 0.2) is 24.3 Å². The monoisotopic (exact) mass is 318 g/mol. The Morgan fingerprint density at radius 2 is 2.35 bits per heavy atom. The van der Waals surface area contributed by atoms with Gasteiger partial charge < -0.3 is 9.84 Å². The summed E-state index contributed by atoms with van der Waals surface area (Å²) >= 11 is 0. The molecule has 2 rings (SSSR count). The third-order valence-corrected chi connectivity index (χ3v) is 4.11. The molecular formula is C17H22N2O4. The van der Waals surface area contributed by atoms with E-state index in [1.165, 1.54) is 0 Å². The van der Waals surface area contributed by atoms with Crippen molar-refractivity contribution in [1.29, 1.82) is 5.26 Å². The Morgan fingerprint density at radius 3 is 3.00 bits per heavy atom. The van der Waals surface area contributed by atoms with Crippen LogP contribution in [0.2, 0.25) is 0 Å². The highest BCUT2D eigenvalue weighted by atomic mass is 16.7. The van der Waals surface area contributed by atoms with Crippen molar-refractivity contribution in [2.45, 2.75) is 44.2 Å². The number of nitrogens with zero attached hydrogens (tertiary/aromatic N) is 1. The first-order chi connectivity index (χ1) is 11.0. The van der Waals surface area contributed by atoms with Gasteiger partial charge in [-0.25, -0.2) is 4.79 Å². The number of hydroxylamine groups is 1. The van der Waals surface area contributed by atoms with Gasteiger partial charge in [0.2, 0.25) is 5.60 Å². The fourth-order valence-electron chi connectivity index (χ4n) is 2.69. The van der Waals surface area contributed by atoms with E-state index in [-0.39, 0.29) is 13.0 Å². The average molecular weight is 318 g/mol. The first kappa shape index (κ1) is 17.4. The minimum atomic E-state index is -1.43. The highest BCUT2D eigenvalue weighted by molar-refractivity contribution is 5.78. The van der Waals surface area contributed by atoms with Crippen molar-refractivity contribution in [3.8, 4) is 6.07 Å². The molecule has 1 aliphatic rings. The van der Waals surface area contributed by atoms with E-state index in [0.29, 0.717) is 12.2 Å². The van der Waals surface area contributed by atoms with E-state index in [0.717, 1.165) is 18.4 Å². The molecule has 124 valence electrons. The van der Waals surface area contributed by atoms with Crippen LogP contribution < -0.4 is 5.48 Å². The van der Waals surface area contributed by atoms with Crippen molar-refractivity contribution in [2.75, 3.05) is 13.2 Å². The largest absolute Gasteiger partial charge is 0.479 e. The first-order valence-corrected chi connectivity index (χ1v) is 7.73. The van der Waals surface area contributed by atoms with Crippen molar-refractivity contribution < 1.29 is 19.5 Å². The summed E-state index contributed by atoms with van der Waals surface area (Å²) in [5, 5.41) is 18.6. The van der Waals surface area contributed by atoms with Crippen LogP contribution in [0.5, 0.6) is 0 Å². The summed E-state index contributed by atoms with van der Waals surface area (Å²) in [6.45, 7) is 4.40. The molecule has 23 heavy (non-hydrogen) atoms. The number of hydrogen-bond donors (Lipinski definition) is 2. The number of nitriles is 1. The lowest BCUT2D eigenvalue weighted by molar-refractivity contribution is -0.175. The second-order valence-corrected chi connectivity index (χ2v) is 6.11. The highest BCUT2D eigenvalue weighted by Crippen LogP contribution is 2.39. The smallest absolute Gasteiger partial charge is 0.340 e. The zero-order chi connectivity index (χ0) is 16.9. The molecule has 2 unspecified atom stereocenters. The zero-order valence-corrected chi connectivity index (χ0v) is 13.5. The number of carboxylic acid groups (broad SMARTS) is 1. The second-order valence-electron chi connectivity index (χ2n) is 6.11. The quantitative estimate of drug-likeness (QED) is 0.750. The molecule has 1 heterocycles. The van der Waals surface area contributed by atoms with Gasteiger partial charge in [0.15, 0.2) is 0 Å². The van der Waals surface area contributed by atoms with Crippen molar-refractivity contribution in [3.05, 3.63) is 35.4 Å². The maximum absolute atomic E-state index is 11.7. The average Bonchev–Trinajstić information content (AvgIpc) is 2.92. The van der Waals surface area contributed by atoms with E-state index < -0.39 is 17.1 Å². The Hall–Kier alpha value is -1.94.